The molecule has 1 fully saturated rings. The van der Waals surface area contributed by atoms with E-state index in [1.165, 1.54) is 0 Å². The molecule has 0 spiro atoms. The fourth-order valence-corrected chi connectivity index (χ4v) is 1.30. The summed E-state index contributed by atoms with van der Waals surface area (Å²) in [4.78, 5) is 2.45. The first-order valence-corrected chi connectivity index (χ1v) is 3.96. The minimum absolute atomic E-state index is 0.610. The molecule has 1 heterocycles. The van der Waals surface area contributed by atoms with Crippen LogP contribution in [0.3, 0.4) is 0 Å². The van der Waals surface area contributed by atoms with Crippen molar-refractivity contribution < 1.29 is 25.2 Å². The Kier molecular flexibility index (Phi) is 3.64. The number of ether oxygens (including phenoxy) is 1. The number of hydrogen-bond donors (Lipinski definition) is 4. The van der Waals surface area contributed by atoms with E-state index in [1.54, 1.807) is 0 Å². The van der Waals surface area contributed by atoms with Crippen LogP contribution in [0.25, 0.3) is 10.4 Å². The number of azide groups is 1. The van der Waals surface area contributed by atoms with Gasteiger partial charge in [0.1, 0.15) is 18.3 Å². The van der Waals surface area contributed by atoms with Gasteiger partial charge in [0, 0.05) is 4.91 Å². The van der Waals surface area contributed by atoms with E-state index < -0.39 is 37.3 Å². The van der Waals surface area contributed by atoms with Crippen molar-refractivity contribution in [3.63, 3.8) is 0 Å². The fourth-order valence-electron chi connectivity index (χ4n) is 1.30. The Hall–Kier alpha value is -0.890. The zero-order valence-electron chi connectivity index (χ0n) is 7.13. The highest BCUT2D eigenvalue weighted by atomic mass is 16.6. The summed E-state index contributed by atoms with van der Waals surface area (Å²) in [6, 6.07) is -1.10. The van der Waals surface area contributed by atoms with E-state index in [-0.39, 0.29) is 0 Å². The average Bonchev–Trinajstić information content (AvgIpc) is 2.45. The van der Waals surface area contributed by atoms with E-state index in [1.807, 2.05) is 0 Å². The Labute approximate surface area is 79.0 Å². The van der Waals surface area contributed by atoms with Gasteiger partial charge in [-0.1, -0.05) is 5.11 Å². The average molecular weight is 205 g/mol. The van der Waals surface area contributed by atoms with Crippen LogP contribution in [0.4, 0.5) is 0 Å². The van der Waals surface area contributed by atoms with Gasteiger partial charge in [0.2, 0.25) is 0 Å². The summed E-state index contributed by atoms with van der Waals surface area (Å²) in [5, 5.41) is 39.3. The first kappa shape index (κ1) is 11.2. The molecule has 0 amide bonds. The molecular weight excluding hydrogens is 194 g/mol. The number of aliphatic hydroxyl groups is 4. The lowest BCUT2D eigenvalue weighted by atomic mass is 10.0. The topological polar surface area (TPSA) is 139 Å². The zero-order chi connectivity index (χ0) is 10.7. The second-order valence-electron chi connectivity index (χ2n) is 2.93. The van der Waals surface area contributed by atoms with Crippen molar-refractivity contribution in [2.75, 3.05) is 6.61 Å². The lowest BCUT2D eigenvalue weighted by Gasteiger charge is -2.18. The van der Waals surface area contributed by atoms with Gasteiger partial charge >= 0.3 is 0 Å². The van der Waals surface area contributed by atoms with Crippen LogP contribution < -0.4 is 0 Å². The molecule has 5 atom stereocenters. The SMILES string of the molecule is [N-]=[N+]=NC1C(O)C(O)OC1C(O)CO. The lowest BCUT2D eigenvalue weighted by Crippen LogP contribution is -2.39. The van der Waals surface area contributed by atoms with Crippen LogP contribution >= 0.6 is 0 Å². The normalized spacial score (nSPS) is 39.1. The molecule has 1 saturated heterocycles. The molecule has 5 unspecified atom stereocenters. The standard InChI is InChI=1S/C6H11N3O5/c7-9-8-3-4(12)6(13)14-5(3)2(11)1-10/h2-6,10-13H,1H2. The van der Waals surface area contributed by atoms with Gasteiger partial charge in [0.15, 0.2) is 6.29 Å². The van der Waals surface area contributed by atoms with Crippen molar-refractivity contribution in [1.29, 1.82) is 0 Å². The maximum atomic E-state index is 9.27. The molecule has 0 radical (unpaired) electrons. The van der Waals surface area contributed by atoms with Crippen LogP contribution in [0.1, 0.15) is 0 Å². The van der Waals surface area contributed by atoms with Gasteiger partial charge < -0.3 is 25.2 Å². The molecule has 80 valence electrons. The third-order valence-corrected chi connectivity index (χ3v) is 2.03. The molecule has 0 aliphatic carbocycles. The summed E-state index contributed by atoms with van der Waals surface area (Å²) in [5.41, 5.74) is 8.17. The van der Waals surface area contributed by atoms with Crippen LogP contribution in [-0.4, -0.2) is 57.7 Å². The number of hydrogen-bond acceptors (Lipinski definition) is 6. The smallest absolute Gasteiger partial charge is 0.181 e. The summed E-state index contributed by atoms with van der Waals surface area (Å²) in [6.07, 6.45) is -5.31. The Morgan fingerprint density at radius 3 is 2.64 bits per heavy atom. The molecule has 1 rings (SSSR count). The Morgan fingerprint density at radius 2 is 2.14 bits per heavy atom. The lowest BCUT2D eigenvalue weighted by molar-refractivity contribution is -0.149. The van der Waals surface area contributed by atoms with Gasteiger partial charge in [-0.3, -0.25) is 0 Å². The largest absolute Gasteiger partial charge is 0.394 e. The van der Waals surface area contributed by atoms with Gasteiger partial charge in [-0.25, -0.2) is 0 Å². The minimum atomic E-state index is -1.52. The van der Waals surface area contributed by atoms with Crippen molar-refractivity contribution in [3.8, 4) is 0 Å². The third kappa shape index (κ3) is 1.95. The maximum absolute atomic E-state index is 9.27. The van der Waals surface area contributed by atoms with E-state index in [2.05, 4.69) is 10.0 Å². The van der Waals surface area contributed by atoms with Crippen molar-refractivity contribution in [1.82, 2.24) is 0 Å². The van der Waals surface area contributed by atoms with Gasteiger partial charge in [0.05, 0.1) is 12.6 Å². The highest BCUT2D eigenvalue weighted by molar-refractivity contribution is 4.95. The second-order valence-corrected chi connectivity index (χ2v) is 2.93. The van der Waals surface area contributed by atoms with Crippen LogP contribution in [0.2, 0.25) is 0 Å². The van der Waals surface area contributed by atoms with E-state index in [0.29, 0.717) is 0 Å². The second kappa shape index (κ2) is 4.56. The minimum Gasteiger partial charge on any atom is -0.394 e. The number of rotatable bonds is 3. The molecule has 8 nitrogen and oxygen atoms in total. The van der Waals surface area contributed by atoms with Gasteiger partial charge in [-0.05, 0) is 5.53 Å². The quantitative estimate of drug-likeness (QED) is 0.242. The van der Waals surface area contributed by atoms with E-state index in [4.69, 9.17) is 20.5 Å². The van der Waals surface area contributed by atoms with Crippen molar-refractivity contribution in [2.45, 2.75) is 30.6 Å². The molecule has 0 aromatic rings. The molecule has 0 aromatic carbocycles. The van der Waals surface area contributed by atoms with Crippen molar-refractivity contribution in [3.05, 3.63) is 10.4 Å². The Bertz CT molecular complexity index is 244. The molecule has 14 heavy (non-hydrogen) atoms. The molecule has 0 saturated carbocycles. The van der Waals surface area contributed by atoms with Crippen molar-refractivity contribution >= 4 is 0 Å². The number of aliphatic hydroxyl groups excluding tert-OH is 4. The highest BCUT2D eigenvalue weighted by Gasteiger charge is 2.45. The maximum Gasteiger partial charge on any atom is 0.181 e. The van der Waals surface area contributed by atoms with Crippen LogP contribution in [-0.2, 0) is 4.74 Å². The Morgan fingerprint density at radius 1 is 1.50 bits per heavy atom. The number of nitrogens with zero attached hydrogens (tertiary/aromatic N) is 3. The monoisotopic (exact) mass is 205 g/mol. The molecule has 8 heteroatoms. The fraction of sp³-hybridized carbons (Fsp3) is 1.00. The first-order valence-electron chi connectivity index (χ1n) is 3.96. The van der Waals surface area contributed by atoms with Gasteiger partial charge in [-0.15, -0.1) is 0 Å². The molecule has 1 aliphatic heterocycles. The molecule has 1 aliphatic rings. The summed E-state index contributed by atoms with van der Waals surface area (Å²) >= 11 is 0. The van der Waals surface area contributed by atoms with Crippen molar-refractivity contribution in [2.24, 2.45) is 5.11 Å². The summed E-state index contributed by atoms with van der Waals surface area (Å²) in [7, 11) is 0. The van der Waals surface area contributed by atoms with E-state index in [0.717, 1.165) is 0 Å². The van der Waals surface area contributed by atoms with Gasteiger partial charge in [-0.2, -0.15) is 0 Å². The summed E-state index contributed by atoms with van der Waals surface area (Å²) in [5.74, 6) is 0. The predicted molar refractivity (Wildman–Crippen MR) is 42.9 cm³/mol. The molecule has 4 N–H and O–H groups in total. The Balaban J connectivity index is 2.79. The third-order valence-electron chi connectivity index (χ3n) is 2.03. The molecular formula is C6H11N3O5. The zero-order valence-corrected chi connectivity index (χ0v) is 7.13. The highest BCUT2D eigenvalue weighted by Crippen LogP contribution is 2.25. The van der Waals surface area contributed by atoms with E-state index >= 15 is 0 Å². The van der Waals surface area contributed by atoms with E-state index in [9.17, 15) is 10.2 Å². The van der Waals surface area contributed by atoms with Gasteiger partial charge in [0.25, 0.3) is 0 Å². The van der Waals surface area contributed by atoms with Crippen LogP contribution in [0, 0.1) is 0 Å². The molecule has 0 bridgehead atoms. The summed E-state index contributed by atoms with van der Waals surface area (Å²) in [6.45, 7) is -0.610. The van der Waals surface area contributed by atoms with Crippen LogP contribution in [0.15, 0.2) is 5.11 Å². The predicted octanol–water partition coefficient (Wildman–Crippen LogP) is -1.90. The summed E-state index contributed by atoms with van der Waals surface area (Å²) < 4.78 is 4.72. The van der Waals surface area contributed by atoms with Crippen LogP contribution in [0.5, 0.6) is 0 Å². The first-order chi connectivity index (χ1) is 6.61. The molecule has 0 aromatic heterocycles.